The molecule has 2 heteroatoms. The maximum atomic E-state index is 5.24. The molecule has 2 aromatic rings. The summed E-state index contributed by atoms with van der Waals surface area (Å²) in [6.45, 7) is 1.27. The van der Waals surface area contributed by atoms with Gasteiger partial charge < -0.3 is 9.47 Å². The molecule has 0 bridgehead atoms. The lowest BCUT2D eigenvalue weighted by Gasteiger charge is -2.10. The van der Waals surface area contributed by atoms with Gasteiger partial charge in [0.05, 0.1) is 13.2 Å². The minimum Gasteiger partial charge on any atom is -0.380 e. The fraction of sp³-hybridized carbons (Fsp3) is 0.250. The highest BCUT2D eigenvalue weighted by Gasteiger charge is 2.04. The van der Waals surface area contributed by atoms with Crippen molar-refractivity contribution in [3.8, 4) is 11.1 Å². The third-order valence-corrected chi connectivity index (χ3v) is 2.87. The van der Waals surface area contributed by atoms with E-state index in [2.05, 4.69) is 42.5 Å². The first kappa shape index (κ1) is 12.8. The SMILES string of the molecule is COCc1cccc(-c2ccccc2COC)c1. The molecular weight excluding hydrogens is 224 g/mol. The molecule has 0 saturated carbocycles. The molecule has 0 aromatic heterocycles. The Morgan fingerprint density at radius 2 is 1.61 bits per heavy atom. The van der Waals surface area contributed by atoms with Crippen molar-refractivity contribution in [1.29, 1.82) is 0 Å². The topological polar surface area (TPSA) is 18.5 Å². The minimum atomic E-state index is 0.630. The first-order valence-corrected chi connectivity index (χ1v) is 6.00. The zero-order valence-electron chi connectivity index (χ0n) is 10.8. The summed E-state index contributed by atoms with van der Waals surface area (Å²) in [5.74, 6) is 0. The molecule has 2 nitrogen and oxygen atoms in total. The molecule has 0 radical (unpaired) electrons. The summed E-state index contributed by atoms with van der Waals surface area (Å²) >= 11 is 0. The van der Waals surface area contributed by atoms with E-state index in [0.717, 1.165) is 0 Å². The van der Waals surface area contributed by atoms with E-state index in [0.29, 0.717) is 13.2 Å². The van der Waals surface area contributed by atoms with Crippen LogP contribution in [0, 0.1) is 0 Å². The molecule has 0 aliphatic heterocycles. The van der Waals surface area contributed by atoms with Crippen LogP contribution in [0.15, 0.2) is 48.5 Å². The van der Waals surface area contributed by atoms with Crippen molar-refractivity contribution >= 4 is 0 Å². The van der Waals surface area contributed by atoms with Crippen LogP contribution in [0.5, 0.6) is 0 Å². The highest BCUT2D eigenvalue weighted by atomic mass is 16.5. The highest BCUT2D eigenvalue weighted by molar-refractivity contribution is 5.67. The summed E-state index contributed by atoms with van der Waals surface area (Å²) in [7, 11) is 3.43. The molecule has 0 heterocycles. The van der Waals surface area contributed by atoms with Crippen LogP contribution in [-0.4, -0.2) is 14.2 Å². The number of rotatable bonds is 5. The Labute approximate surface area is 108 Å². The molecule has 0 fully saturated rings. The Hall–Kier alpha value is -1.64. The van der Waals surface area contributed by atoms with Crippen molar-refractivity contribution in [1.82, 2.24) is 0 Å². The van der Waals surface area contributed by atoms with Crippen molar-refractivity contribution in [2.24, 2.45) is 0 Å². The van der Waals surface area contributed by atoms with Crippen LogP contribution >= 0.6 is 0 Å². The zero-order chi connectivity index (χ0) is 12.8. The van der Waals surface area contributed by atoms with E-state index in [1.165, 1.54) is 22.3 Å². The van der Waals surface area contributed by atoms with Gasteiger partial charge in [-0.25, -0.2) is 0 Å². The smallest absolute Gasteiger partial charge is 0.0719 e. The molecule has 0 N–H and O–H groups in total. The van der Waals surface area contributed by atoms with Gasteiger partial charge in [0.2, 0.25) is 0 Å². The molecule has 0 aliphatic carbocycles. The Bertz CT molecular complexity index is 506. The average molecular weight is 242 g/mol. The molecule has 0 atom stereocenters. The Morgan fingerprint density at radius 1 is 0.833 bits per heavy atom. The zero-order valence-corrected chi connectivity index (χ0v) is 10.8. The predicted molar refractivity (Wildman–Crippen MR) is 73.3 cm³/mol. The first-order valence-electron chi connectivity index (χ1n) is 6.00. The van der Waals surface area contributed by atoms with E-state index < -0.39 is 0 Å². The van der Waals surface area contributed by atoms with Gasteiger partial charge in [0, 0.05) is 14.2 Å². The lowest BCUT2D eigenvalue weighted by molar-refractivity contribution is 0.184. The normalized spacial score (nSPS) is 10.6. The summed E-state index contributed by atoms with van der Waals surface area (Å²) in [6.07, 6.45) is 0. The molecule has 94 valence electrons. The van der Waals surface area contributed by atoms with Crippen molar-refractivity contribution < 1.29 is 9.47 Å². The number of ether oxygens (including phenoxy) is 2. The van der Waals surface area contributed by atoms with Crippen LogP contribution in [0.3, 0.4) is 0 Å². The molecule has 0 saturated heterocycles. The Kier molecular flexibility index (Phi) is 4.51. The summed E-state index contributed by atoms with van der Waals surface area (Å²) in [5, 5.41) is 0. The Balaban J connectivity index is 2.38. The fourth-order valence-electron chi connectivity index (χ4n) is 2.08. The second-order valence-electron chi connectivity index (χ2n) is 4.22. The molecule has 0 amide bonds. The number of benzene rings is 2. The van der Waals surface area contributed by atoms with Gasteiger partial charge in [0.1, 0.15) is 0 Å². The largest absolute Gasteiger partial charge is 0.380 e. The van der Waals surface area contributed by atoms with E-state index in [-0.39, 0.29) is 0 Å². The number of hydrogen-bond acceptors (Lipinski definition) is 2. The first-order chi connectivity index (χ1) is 8.85. The molecule has 0 aliphatic rings. The van der Waals surface area contributed by atoms with Gasteiger partial charge in [-0.15, -0.1) is 0 Å². The molecule has 2 rings (SSSR count). The van der Waals surface area contributed by atoms with Crippen LogP contribution < -0.4 is 0 Å². The van der Waals surface area contributed by atoms with E-state index >= 15 is 0 Å². The van der Waals surface area contributed by atoms with Crippen LogP contribution in [0.4, 0.5) is 0 Å². The second kappa shape index (κ2) is 6.34. The second-order valence-corrected chi connectivity index (χ2v) is 4.22. The minimum absolute atomic E-state index is 0.630. The third kappa shape index (κ3) is 2.97. The van der Waals surface area contributed by atoms with Crippen LogP contribution in [0.1, 0.15) is 11.1 Å². The number of methoxy groups -OCH3 is 2. The van der Waals surface area contributed by atoms with E-state index in [9.17, 15) is 0 Å². The lowest BCUT2D eigenvalue weighted by Crippen LogP contribution is -1.93. The van der Waals surface area contributed by atoms with Gasteiger partial charge in [-0.1, -0.05) is 42.5 Å². The molecule has 2 aromatic carbocycles. The van der Waals surface area contributed by atoms with Crippen LogP contribution in [0.25, 0.3) is 11.1 Å². The maximum absolute atomic E-state index is 5.24. The van der Waals surface area contributed by atoms with Gasteiger partial charge in [-0.3, -0.25) is 0 Å². The van der Waals surface area contributed by atoms with Crippen LogP contribution in [0.2, 0.25) is 0 Å². The summed E-state index contributed by atoms with van der Waals surface area (Å²) in [6, 6.07) is 16.7. The number of hydrogen-bond donors (Lipinski definition) is 0. The lowest BCUT2D eigenvalue weighted by atomic mass is 9.98. The summed E-state index contributed by atoms with van der Waals surface area (Å²) in [4.78, 5) is 0. The van der Waals surface area contributed by atoms with Crippen LogP contribution in [-0.2, 0) is 22.7 Å². The Morgan fingerprint density at radius 3 is 2.39 bits per heavy atom. The quantitative estimate of drug-likeness (QED) is 0.796. The molecular formula is C16H18O2. The molecule has 18 heavy (non-hydrogen) atoms. The predicted octanol–water partition coefficient (Wildman–Crippen LogP) is 3.65. The van der Waals surface area contributed by atoms with E-state index in [1.54, 1.807) is 14.2 Å². The van der Waals surface area contributed by atoms with Crippen molar-refractivity contribution in [3.63, 3.8) is 0 Å². The van der Waals surface area contributed by atoms with E-state index in [4.69, 9.17) is 9.47 Å². The third-order valence-electron chi connectivity index (χ3n) is 2.87. The molecule has 0 spiro atoms. The van der Waals surface area contributed by atoms with E-state index in [1.807, 2.05) is 6.07 Å². The van der Waals surface area contributed by atoms with Crippen molar-refractivity contribution in [2.75, 3.05) is 14.2 Å². The summed E-state index contributed by atoms with van der Waals surface area (Å²) in [5.41, 5.74) is 4.81. The molecule has 0 unspecified atom stereocenters. The van der Waals surface area contributed by atoms with Crippen molar-refractivity contribution in [3.05, 3.63) is 59.7 Å². The van der Waals surface area contributed by atoms with Gasteiger partial charge in [0.15, 0.2) is 0 Å². The van der Waals surface area contributed by atoms with Gasteiger partial charge in [-0.05, 0) is 28.3 Å². The summed E-state index contributed by atoms with van der Waals surface area (Å²) < 4.78 is 10.4. The van der Waals surface area contributed by atoms with Gasteiger partial charge in [-0.2, -0.15) is 0 Å². The fourth-order valence-corrected chi connectivity index (χ4v) is 2.08. The van der Waals surface area contributed by atoms with Gasteiger partial charge >= 0.3 is 0 Å². The average Bonchev–Trinajstić information content (AvgIpc) is 2.40. The van der Waals surface area contributed by atoms with Crippen molar-refractivity contribution in [2.45, 2.75) is 13.2 Å². The monoisotopic (exact) mass is 242 g/mol. The van der Waals surface area contributed by atoms with Gasteiger partial charge in [0.25, 0.3) is 0 Å². The standard InChI is InChI=1S/C16H18O2/c1-17-11-13-6-5-8-14(10-13)16-9-4-3-7-15(16)12-18-2/h3-10H,11-12H2,1-2H3. The maximum Gasteiger partial charge on any atom is 0.0719 e. The highest BCUT2D eigenvalue weighted by Crippen LogP contribution is 2.25.